The van der Waals surface area contributed by atoms with Gasteiger partial charge < -0.3 is 10.8 Å². The zero-order chi connectivity index (χ0) is 12.7. The summed E-state index contributed by atoms with van der Waals surface area (Å²) >= 11 is 1.73. The molecule has 0 aliphatic rings. The van der Waals surface area contributed by atoms with E-state index in [0.29, 0.717) is 6.42 Å². The molecule has 0 aliphatic carbocycles. The number of hydrogen-bond donors (Lipinski definition) is 2. The summed E-state index contributed by atoms with van der Waals surface area (Å²) in [5.41, 5.74) is 5.60. The van der Waals surface area contributed by atoms with E-state index in [9.17, 15) is 9.90 Å². The quantitative estimate of drug-likeness (QED) is 0.731. The van der Waals surface area contributed by atoms with Gasteiger partial charge in [-0.25, -0.2) is 0 Å². The van der Waals surface area contributed by atoms with Crippen LogP contribution >= 0.6 is 11.8 Å². The van der Waals surface area contributed by atoms with Gasteiger partial charge in [0.2, 0.25) is 0 Å². The molecule has 17 heavy (non-hydrogen) atoms. The van der Waals surface area contributed by atoms with Crippen molar-refractivity contribution in [3.8, 4) is 0 Å². The molecule has 0 radical (unpaired) electrons. The minimum atomic E-state index is -0.934. The van der Waals surface area contributed by atoms with Crippen molar-refractivity contribution in [2.75, 3.05) is 18.6 Å². The number of rotatable bonds is 7. The number of carboxylic acids is 1. The highest BCUT2D eigenvalue weighted by Gasteiger charge is 2.38. The van der Waals surface area contributed by atoms with Gasteiger partial charge in [-0.2, -0.15) is 11.8 Å². The van der Waals surface area contributed by atoms with Crippen LogP contribution in [0.15, 0.2) is 30.3 Å². The third kappa shape index (κ3) is 3.23. The summed E-state index contributed by atoms with van der Waals surface area (Å²) in [6.45, 7) is 0.140. The monoisotopic (exact) mass is 253 g/mol. The molecule has 1 atom stereocenters. The molecule has 1 aromatic carbocycles. The Morgan fingerprint density at radius 1 is 1.41 bits per heavy atom. The molecule has 1 aromatic rings. The minimum absolute atomic E-state index is 0.140. The zero-order valence-corrected chi connectivity index (χ0v) is 10.9. The molecule has 0 bridgehead atoms. The van der Waals surface area contributed by atoms with Crippen LogP contribution in [0, 0.1) is 0 Å². The second-order valence-corrected chi connectivity index (χ2v) is 5.04. The van der Waals surface area contributed by atoms with Crippen LogP contribution in [0.4, 0.5) is 0 Å². The Kier molecular flexibility index (Phi) is 5.51. The molecule has 1 unspecified atom stereocenters. The van der Waals surface area contributed by atoms with E-state index in [2.05, 4.69) is 0 Å². The fraction of sp³-hybridized carbons (Fsp3) is 0.462. The lowest BCUT2D eigenvalue weighted by atomic mass is 9.77. The Bertz CT molecular complexity index is 356. The summed E-state index contributed by atoms with van der Waals surface area (Å²) in [6.07, 6.45) is 3.47. The van der Waals surface area contributed by atoms with Crippen molar-refractivity contribution in [1.29, 1.82) is 0 Å². The van der Waals surface area contributed by atoms with Crippen LogP contribution in [0.25, 0.3) is 0 Å². The zero-order valence-electron chi connectivity index (χ0n) is 10.1. The number of nitrogens with two attached hydrogens (primary N) is 1. The molecule has 3 nitrogen and oxygen atoms in total. The van der Waals surface area contributed by atoms with Crippen molar-refractivity contribution < 1.29 is 9.90 Å². The van der Waals surface area contributed by atoms with Gasteiger partial charge in [-0.1, -0.05) is 30.3 Å². The molecule has 1 rings (SSSR count). The topological polar surface area (TPSA) is 63.3 Å². The van der Waals surface area contributed by atoms with Crippen LogP contribution in [0.5, 0.6) is 0 Å². The molecule has 0 aliphatic heterocycles. The lowest BCUT2D eigenvalue weighted by Gasteiger charge is -2.28. The van der Waals surface area contributed by atoms with E-state index >= 15 is 0 Å². The van der Waals surface area contributed by atoms with Crippen LogP contribution in [0.3, 0.4) is 0 Å². The standard InChI is InChI=1S/C13H19NO2S/c1-17-9-5-8-13(10-14,12(15)16)11-6-3-2-4-7-11/h2-4,6-7H,5,8-10,14H2,1H3,(H,15,16). The number of hydrogen-bond acceptors (Lipinski definition) is 3. The fourth-order valence-electron chi connectivity index (χ4n) is 1.96. The van der Waals surface area contributed by atoms with Gasteiger partial charge in [0.1, 0.15) is 5.41 Å². The van der Waals surface area contributed by atoms with E-state index in [1.165, 1.54) is 0 Å². The Labute approximate surface area is 106 Å². The molecule has 0 heterocycles. The van der Waals surface area contributed by atoms with Crippen LogP contribution in [-0.2, 0) is 10.2 Å². The molecule has 4 heteroatoms. The van der Waals surface area contributed by atoms with Crippen molar-refractivity contribution in [3.63, 3.8) is 0 Å². The first-order valence-electron chi connectivity index (χ1n) is 5.65. The van der Waals surface area contributed by atoms with E-state index in [0.717, 1.165) is 17.7 Å². The molecule has 0 saturated heterocycles. The first kappa shape index (κ1) is 14.1. The Balaban J connectivity index is 2.97. The van der Waals surface area contributed by atoms with Crippen molar-refractivity contribution >= 4 is 17.7 Å². The highest BCUT2D eigenvalue weighted by molar-refractivity contribution is 7.98. The maximum absolute atomic E-state index is 11.6. The smallest absolute Gasteiger partial charge is 0.315 e. The van der Waals surface area contributed by atoms with E-state index in [1.807, 2.05) is 36.6 Å². The normalized spacial score (nSPS) is 14.2. The largest absolute Gasteiger partial charge is 0.481 e. The van der Waals surface area contributed by atoms with Crippen LogP contribution in [0.1, 0.15) is 18.4 Å². The average molecular weight is 253 g/mol. The summed E-state index contributed by atoms with van der Waals surface area (Å²) in [4.78, 5) is 11.6. The number of aliphatic carboxylic acids is 1. The van der Waals surface area contributed by atoms with Crippen LogP contribution in [-0.4, -0.2) is 29.6 Å². The summed E-state index contributed by atoms with van der Waals surface area (Å²) < 4.78 is 0. The number of carboxylic acid groups (broad SMARTS) is 1. The Morgan fingerprint density at radius 2 is 2.06 bits per heavy atom. The molecule has 94 valence electrons. The van der Waals surface area contributed by atoms with Crippen LogP contribution < -0.4 is 5.73 Å². The van der Waals surface area contributed by atoms with Gasteiger partial charge in [-0.15, -0.1) is 0 Å². The van der Waals surface area contributed by atoms with Crippen molar-refractivity contribution in [3.05, 3.63) is 35.9 Å². The third-order valence-electron chi connectivity index (χ3n) is 3.04. The number of carbonyl (C=O) groups is 1. The molecule has 0 saturated carbocycles. The lowest BCUT2D eigenvalue weighted by molar-refractivity contribution is -0.143. The van der Waals surface area contributed by atoms with Gasteiger partial charge in [0.05, 0.1) is 0 Å². The highest BCUT2D eigenvalue weighted by Crippen LogP contribution is 2.29. The van der Waals surface area contributed by atoms with Gasteiger partial charge in [0.15, 0.2) is 0 Å². The summed E-state index contributed by atoms with van der Waals surface area (Å²) in [5.74, 6) is 0.134. The number of thioether (sulfide) groups is 1. The highest BCUT2D eigenvalue weighted by atomic mass is 32.2. The molecule has 0 fully saturated rings. The maximum atomic E-state index is 11.6. The second-order valence-electron chi connectivity index (χ2n) is 4.05. The molecular weight excluding hydrogens is 234 g/mol. The van der Waals surface area contributed by atoms with Gasteiger partial charge in [0, 0.05) is 6.54 Å². The molecule has 0 spiro atoms. The lowest BCUT2D eigenvalue weighted by Crippen LogP contribution is -2.43. The maximum Gasteiger partial charge on any atom is 0.315 e. The molecule has 0 amide bonds. The van der Waals surface area contributed by atoms with Gasteiger partial charge in [-0.3, -0.25) is 4.79 Å². The predicted octanol–water partition coefficient (Wildman–Crippen LogP) is 2.11. The van der Waals surface area contributed by atoms with E-state index in [-0.39, 0.29) is 6.54 Å². The summed E-state index contributed by atoms with van der Waals surface area (Å²) in [6, 6.07) is 9.29. The Morgan fingerprint density at radius 3 is 2.53 bits per heavy atom. The molecule has 0 aromatic heterocycles. The first-order chi connectivity index (χ1) is 8.17. The van der Waals surface area contributed by atoms with Crippen molar-refractivity contribution in [2.45, 2.75) is 18.3 Å². The van der Waals surface area contributed by atoms with Crippen molar-refractivity contribution in [1.82, 2.24) is 0 Å². The Hall–Kier alpha value is -1.00. The summed E-state index contributed by atoms with van der Waals surface area (Å²) in [7, 11) is 0. The summed E-state index contributed by atoms with van der Waals surface area (Å²) in [5, 5.41) is 9.49. The van der Waals surface area contributed by atoms with Crippen molar-refractivity contribution in [2.24, 2.45) is 5.73 Å². The number of benzene rings is 1. The van der Waals surface area contributed by atoms with Crippen LogP contribution in [0.2, 0.25) is 0 Å². The first-order valence-corrected chi connectivity index (χ1v) is 7.04. The molecule has 3 N–H and O–H groups in total. The average Bonchev–Trinajstić information content (AvgIpc) is 2.36. The fourth-order valence-corrected chi connectivity index (χ4v) is 2.39. The van der Waals surface area contributed by atoms with Gasteiger partial charge >= 0.3 is 5.97 Å². The van der Waals surface area contributed by atoms with E-state index in [4.69, 9.17) is 5.73 Å². The SMILES string of the molecule is CSCCCC(CN)(C(=O)O)c1ccccc1. The van der Waals surface area contributed by atoms with Gasteiger partial charge in [0.25, 0.3) is 0 Å². The minimum Gasteiger partial charge on any atom is -0.481 e. The van der Waals surface area contributed by atoms with E-state index < -0.39 is 11.4 Å². The predicted molar refractivity (Wildman–Crippen MR) is 72.4 cm³/mol. The third-order valence-corrected chi connectivity index (χ3v) is 3.73. The molecular formula is C13H19NO2S. The van der Waals surface area contributed by atoms with E-state index in [1.54, 1.807) is 11.8 Å². The van der Waals surface area contributed by atoms with Gasteiger partial charge in [-0.05, 0) is 30.4 Å². The second kappa shape index (κ2) is 6.67.